The van der Waals surface area contributed by atoms with Crippen molar-refractivity contribution in [1.29, 1.82) is 0 Å². The summed E-state index contributed by atoms with van der Waals surface area (Å²) in [6.45, 7) is 2.04. The van der Waals surface area contributed by atoms with Crippen LogP contribution in [-0.4, -0.2) is 17.1 Å². The molecule has 0 saturated carbocycles. The molecule has 1 N–H and O–H groups in total. The Balaban J connectivity index is 1.74. The van der Waals surface area contributed by atoms with Crippen molar-refractivity contribution in [3.63, 3.8) is 0 Å². The molecule has 142 valence electrons. The molecule has 4 nitrogen and oxygen atoms in total. The number of methoxy groups -OCH3 is 1. The normalized spacial score (nSPS) is 12.1. The molecule has 0 spiro atoms. The van der Waals surface area contributed by atoms with Crippen molar-refractivity contribution in [1.82, 2.24) is 9.97 Å². The number of nitrogens with one attached hydrogen (secondary N) is 1. The summed E-state index contributed by atoms with van der Waals surface area (Å²) >= 11 is 14.0. The van der Waals surface area contributed by atoms with E-state index in [1.807, 2.05) is 43.3 Å². The van der Waals surface area contributed by atoms with Crippen LogP contribution < -0.4 is 10.1 Å². The van der Waals surface area contributed by atoms with E-state index < -0.39 is 0 Å². The van der Waals surface area contributed by atoms with Crippen LogP contribution in [0, 0.1) is 0 Å². The van der Waals surface area contributed by atoms with Gasteiger partial charge in [-0.2, -0.15) is 0 Å². The Morgan fingerprint density at radius 1 is 1.07 bits per heavy atom. The molecule has 4 aromatic rings. The topological polar surface area (TPSA) is 47.0 Å². The molecule has 2 heterocycles. The summed E-state index contributed by atoms with van der Waals surface area (Å²) in [5.74, 6) is 1.60. The number of hydrogen-bond acceptors (Lipinski definition) is 5. The van der Waals surface area contributed by atoms with Crippen molar-refractivity contribution in [3.8, 4) is 16.9 Å². The van der Waals surface area contributed by atoms with Crippen molar-refractivity contribution < 1.29 is 4.74 Å². The third kappa shape index (κ3) is 3.65. The molecular weight excluding hydrogens is 413 g/mol. The molecule has 0 aliphatic rings. The summed E-state index contributed by atoms with van der Waals surface area (Å²) in [4.78, 5) is 9.86. The van der Waals surface area contributed by atoms with Crippen molar-refractivity contribution in [2.75, 3.05) is 12.4 Å². The molecule has 7 heteroatoms. The Bertz CT molecular complexity index is 1130. The minimum atomic E-state index is -0.0496. The lowest BCUT2D eigenvalue weighted by Crippen LogP contribution is -2.09. The zero-order chi connectivity index (χ0) is 19.7. The number of nitrogens with zero attached hydrogens (tertiary/aromatic N) is 2. The van der Waals surface area contributed by atoms with Gasteiger partial charge in [0.25, 0.3) is 0 Å². The van der Waals surface area contributed by atoms with Gasteiger partial charge >= 0.3 is 0 Å². The first-order valence-corrected chi connectivity index (χ1v) is 10.3. The van der Waals surface area contributed by atoms with Crippen LogP contribution in [0.2, 0.25) is 10.0 Å². The van der Waals surface area contributed by atoms with Crippen LogP contribution in [0.5, 0.6) is 5.75 Å². The van der Waals surface area contributed by atoms with Gasteiger partial charge in [0, 0.05) is 21.0 Å². The predicted octanol–water partition coefficient (Wildman–Crippen LogP) is 6.85. The van der Waals surface area contributed by atoms with Gasteiger partial charge < -0.3 is 10.1 Å². The minimum absolute atomic E-state index is 0.0496. The number of thiophene rings is 1. The highest BCUT2D eigenvalue weighted by Crippen LogP contribution is 2.38. The van der Waals surface area contributed by atoms with Gasteiger partial charge in [-0.05, 0) is 42.3 Å². The molecule has 0 radical (unpaired) electrons. The summed E-state index contributed by atoms with van der Waals surface area (Å²) in [6.07, 6.45) is 1.58. The summed E-state index contributed by atoms with van der Waals surface area (Å²) < 4.78 is 5.26. The molecule has 0 saturated heterocycles. The Morgan fingerprint density at radius 2 is 1.86 bits per heavy atom. The molecule has 0 aliphatic heterocycles. The van der Waals surface area contributed by atoms with Crippen LogP contribution >= 0.6 is 34.5 Å². The van der Waals surface area contributed by atoms with Crippen molar-refractivity contribution in [3.05, 3.63) is 69.8 Å². The van der Waals surface area contributed by atoms with Crippen LogP contribution in [0.25, 0.3) is 21.3 Å². The lowest BCUT2D eigenvalue weighted by Gasteiger charge is -2.17. The van der Waals surface area contributed by atoms with Crippen LogP contribution in [0.1, 0.15) is 18.5 Å². The Morgan fingerprint density at radius 3 is 2.57 bits per heavy atom. The van der Waals surface area contributed by atoms with Gasteiger partial charge in [0.05, 0.1) is 18.5 Å². The molecule has 0 bridgehead atoms. The molecule has 0 fully saturated rings. The van der Waals surface area contributed by atoms with E-state index in [2.05, 4.69) is 20.7 Å². The molecule has 4 rings (SSSR count). The predicted molar refractivity (Wildman–Crippen MR) is 118 cm³/mol. The number of hydrogen-bond donors (Lipinski definition) is 1. The largest absolute Gasteiger partial charge is 0.497 e. The lowest BCUT2D eigenvalue weighted by atomic mass is 10.0. The highest BCUT2D eigenvalue weighted by molar-refractivity contribution is 7.17. The second kappa shape index (κ2) is 7.95. The van der Waals surface area contributed by atoms with Crippen LogP contribution in [0.15, 0.2) is 54.2 Å². The maximum atomic E-state index is 6.38. The van der Waals surface area contributed by atoms with Crippen molar-refractivity contribution >= 4 is 50.6 Å². The number of aromatic nitrogens is 2. The third-order valence-electron chi connectivity index (χ3n) is 4.55. The average Bonchev–Trinajstić information content (AvgIpc) is 3.13. The summed E-state index contributed by atoms with van der Waals surface area (Å²) in [7, 11) is 1.66. The fourth-order valence-corrected chi connectivity index (χ4v) is 4.59. The monoisotopic (exact) mass is 429 g/mol. The number of fused-ring (bicyclic) bond motifs is 1. The van der Waals surface area contributed by atoms with Gasteiger partial charge in [-0.25, -0.2) is 9.97 Å². The quantitative estimate of drug-likeness (QED) is 0.376. The molecule has 2 aromatic heterocycles. The maximum absolute atomic E-state index is 6.38. The first-order chi connectivity index (χ1) is 13.6. The highest BCUT2D eigenvalue weighted by atomic mass is 35.5. The molecule has 28 heavy (non-hydrogen) atoms. The van der Waals surface area contributed by atoms with E-state index in [9.17, 15) is 0 Å². The Labute approximate surface area is 177 Å². The van der Waals surface area contributed by atoms with E-state index in [0.29, 0.717) is 10.0 Å². The second-order valence-electron chi connectivity index (χ2n) is 6.31. The summed E-state index contributed by atoms with van der Waals surface area (Å²) in [5, 5.41) is 7.82. The SMILES string of the molecule is COc1ccc(-c2csc3ncnc(NC(C)c4ccc(Cl)cc4Cl)c23)cc1. The van der Waals surface area contributed by atoms with Crippen molar-refractivity contribution in [2.45, 2.75) is 13.0 Å². The third-order valence-corrected chi connectivity index (χ3v) is 6.00. The number of anilines is 1. The van der Waals surface area contributed by atoms with E-state index in [1.165, 1.54) is 0 Å². The van der Waals surface area contributed by atoms with E-state index in [1.54, 1.807) is 30.8 Å². The molecule has 0 aliphatic carbocycles. The van der Waals surface area contributed by atoms with Gasteiger partial charge in [0.15, 0.2) is 0 Å². The fourth-order valence-electron chi connectivity index (χ4n) is 3.10. The molecular formula is C21H17Cl2N3OS. The average molecular weight is 430 g/mol. The zero-order valence-corrected chi connectivity index (χ0v) is 17.6. The Kier molecular flexibility index (Phi) is 5.40. The van der Waals surface area contributed by atoms with Gasteiger partial charge in [-0.1, -0.05) is 41.4 Å². The second-order valence-corrected chi connectivity index (χ2v) is 8.01. The molecule has 2 aromatic carbocycles. The van der Waals surface area contributed by atoms with Crippen molar-refractivity contribution in [2.24, 2.45) is 0 Å². The summed E-state index contributed by atoms with van der Waals surface area (Å²) in [6, 6.07) is 13.4. The van der Waals surface area contributed by atoms with Crippen LogP contribution in [-0.2, 0) is 0 Å². The standard InChI is InChI=1S/C21H17Cl2N3OS/c1-12(16-8-5-14(22)9-18(16)23)26-20-19-17(10-28-21(19)25-11-24-20)13-3-6-15(27-2)7-4-13/h3-12H,1-2H3,(H,24,25,26). The van der Waals surface area contributed by atoms with Crippen LogP contribution in [0.4, 0.5) is 5.82 Å². The molecule has 0 amide bonds. The summed E-state index contributed by atoms with van der Waals surface area (Å²) in [5.41, 5.74) is 3.13. The van der Waals surface area contributed by atoms with E-state index in [4.69, 9.17) is 27.9 Å². The van der Waals surface area contributed by atoms with E-state index >= 15 is 0 Å². The smallest absolute Gasteiger partial charge is 0.139 e. The molecule has 1 unspecified atom stereocenters. The number of halogens is 2. The lowest BCUT2D eigenvalue weighted by molar-refractivity contribution is 0.415. The van der Waals surface area contributed by atoms with Crippen LogP contribution in [0.3, 0.4) is 0 Å². The van der Waals surface area contributed by atoms with Gasteiger partial charge in [0.2, 0.25) is 0 Å². The number of rotatable bonds is 5. The highest BCUT2D eigenvalue weighted by Gasteiger charge is 2.17. The van der Waals surface area contributed by atoms with E-state index in [-0.39, 0.29) is 6.04 Å². The maximum Gasteiger partial charge on any atom is 0.139 e. The number of ether oxygens (including phenoxy) is 1. The molecule has 1 atom stereocenters. The first kappa shape index (κ1) is 19.0. The fraction of sp³-hybridized carbons (Fsp3) is 0.143. The zero-order valence-electron chi connectivity index (χ0n) is 15.2. The van der Waals surface area contributed by atoms with Gasteiger partial charge in [-0.15, -0.1) is 11.3 Å². The minimum Gasteiger partial charge on any atom is -0.497 e. The Hall–Kier alpha value is -2.34. The number of benzene rings is 2. The van der Waals surface area contributed by atoms with Gasteiger partial charge in [0.1, 0.15) is 22.7 Å². The van der Waals surface area contributed by atoms with E-state index in [0.717, 1.165) is 38.5 Å². The first-order valence-electron chi connectivity index (χ1n) is 8.65. The van der Waals surface area contributed by atoms with Gasteiger partial charge in [-0.3, -0.25) is 0 Å².